The van der Waals surface area contributed by atoms with Crippen molar-refractivity contribution in [2.75, 3.05) is 5.75 Å². The van der Waals surface area contributed by atoms with Gasteiger partial charge in [-0.05, 0) is 25.1 Å². The first-order valence-electron chi connectivity index (χ1n) is 5.84. The van der Waals surface area contributed by atoms with Crippen molar-refractivity contribution in [1.29, 1.82) is 0 Å². The molecule has 4 heteroatoms. The van der Waals surface area contributed by atoms with Gasteiger partial charge in [-0.15, -0.1) is 11.8 Å². The van der Waals surface area contributed by atoms with Crippen LogP contribution < -0.4 is 0 Å². The second-order valence-electron chi connectivity index (χ2n) is 4.22. The molecular weight excluding hydrogens is 244 g/mol. The highest BCUT2D eigenvalue weighted by Crippen LogP contribution is 2.17. The van der Waals surface area contributed by atoms with Gasteiger partial charge in [0.15, 0.2) is 0 Å². The zero-order chi connectivity index (χ0) is 13.0. The summed E-state index contributed by atoms with van der Waals surface area (Å²) in [7, 11) is 1.87. The molecule has 0 unspecified atom stereocenters. The average Bonchev–Trinajstić information content (AvgIpc) is 2.67. The maximum Gasteiger partial charge on any atom is 0.149 e. The van der Waals surface area contributed by atoms with E-state index in [4.69, 9.17) is 0 Å². The Kier molecular flexibility index (Phi) is 4.20. The minimum absolute atomic E-state index is 0.229. The molecule has 0 spiro atoms. The Morgan fingerprint density at radius 2 is 2.06 bits per heavy atom. The first kappa shape index (κ1) is 12.9. The number of thioether (sulfide) groups is 1. The van der Waals surface area contributed by atoms with E-state index in [1.54, 1.807) is 16.4 Å². The van der Waals surface area contributed by atoms with Gasteiger partial charge in [0.05, 0.1) is 11.4 Å². The van der Waals surface area contributed by atoms with Crippen LogP contribution in [0.2, 0.25) is 0 Å². The fourth-order valence-electron chi connectivity index (χ4n) is 1.76. The summed E-state index contributed by atoms with van der Waals surface area (Å²) in [4.78, 5) is 13.0. The van der Waals surface area contributed by atoms with Gasteiger partial charge in [-0.3, -0.25) is 9.48 Å². The molecule has 0 aliphatic rings. The maximum atomic E-state index is 11.9. The number of rotatable bonds is 5. The molecule has 0 aliphatic carbocycles. The molecule has 0 atom stereocenters. The summed E-state index contributed by atoms with van der Waals surface area (Å²) < 4.78 is 1.78. The van der Waals surface area contributed by atoms with Crippen LogP contribution in [0.25, 0.3) is 0 Å². The third kappa shape index (κ3) is 3.47. The fourth-order valence-corrected chi connectivity index (χ4v) is 2.54. The number of benzene rings is 1. The van der Waals surface area contributed by atoms with Crippen LogP contribution in [0.4, 0.5) is 0 Å². The highest BCUT2D eigenvalue weighted by Gasteiger charge is 2.08. The molecule has 0 radical (unpaired) electrons. The molecule has 0 saturated heterocycles. The van der Waals surface area contributed by atoms with Crippen molar-refractivity contribution < 1.29 is 4.79 Å². The van der Waals surface area contributed by atoms with Gasteiger partial charge < -0.3 is 0 Å². The largest absolute Gasteiger partial charge is 0.298 e. The number of aryl methyl sites for hydroxylation is 2. The Morgan fingerprint density at radius 1 is 1.33 bits per heavy atom. The molecular formula is C14H16N2OS. The summed E-state index contributed by atoms with van der Waals surface area (Å²) in [5, 5.41) is 4.24. The van der Waals surface area contributed by atoms with Crippen molar-refractivity contribution >= 4 is 17.5 Å². The molecule has 2 aromatic rings. The van der Waals surface area contributed by atoms with E-state index in [1.807, 2.05) is 50.4 Å². The minimum atomic E-state index is 0.229. The molecule has 0 aliphatic heterocycles. The second-order valence-corrected chi connectivity index (χ2v) is 5.27. The summed E-state index contributed by atoms with van der Waals surface area (Å²) >= 11 is 1.58. The van der Waals surface area contributed by atoms with Crippen LogP contribution >= 0.6 is 11.8 Å². The van der Waals surface area contributed by atoms with E-state index < -0.39 is 0 Å². The van der Waals surface area contributed by atoms with E-state index in [0.29, 0.717) is 12.2 Å². The molecule has 18 heavy (non-hydrogen) atoms. The van der Waals surface area contributed by atoms with E-state index in [9.17, 15) is 4.79 Å². The first-order chi connectivity index (χ1) is 8.65. The van der Waals surface area contributed by atoms with Gasteiger partial charge in [0.2, 0.25) is 0 Å². The van der Waals surface area contributed by atoms with Crippen LogP contribution in [0, 0.1) is 6.92 Å². The number of hydrogen-bond acceptors (Lipinski definition) is 3. The van der Waals surface area contributed by atoms with Crippen LogP contribution in [0.3, 0.4) is 0 Å². The van der Waals surface area contributed by atoms with Crippen LogP contribution in [0.15, 0.2) is 41.3 Å². The Labute approximate surface area is 111 Å². The van der Waals surface area contributed by atoms with Crippen molar-refractivity contribution in [3.8, 4) is 0 Å². The number of hydrogen-bond donors (Lipinski definition) is 0. The SMILES string of the molecule is Cc1cc(CC(=O)CSc2ccccc2)n(C)n1. The highest BCUT2D eigenvalue weighted by molar-refractivity contribution is 8.00. The molecule has 94 valence electrons. The monoisotopic (exact) mass is 260 g/mol. The van der Waals surface area contributed by atoms with Gasteiger partial charge in [0.1, 0.15) is 5.78 Å². The second kappa shape index (κ2) is 5.87. The lowest BCUT2D eigenvalue weighted by Crippen LogP contribution is -2.09. The minimum Gasteiger partial charge on any atom is -0.298 e. The molecule has 0 amide bonds. The van der Waals surface area contributed by atoms with E-state index in [-0.39, 0.29) is 5.78 Å². The van der Waals surface area contributed by atoms with E-state index in [0.717, 1.165) is 16.3 Å². The Balaban J connectivity index is 1.88. The summed E-state index contributed by atoms with van der Waals surface area (Å²) in [5.74, 6) is 0.737. The number of Topliss-reactive ketones (excluding diaryl/α,β-unsaturated/α-hetero) is 1. The fraction of sp³-hybridized carbons (Fsp3) is 0.286. The lowest BCUT2D eigenvalue weighted by Gasteiger charge is -2.02. The lowest BCUT2D eigenvalue weighted by atomic mass is 10.2. The van der Waals surface area contributed by atoms with Crippen LogP contribution in [-0.2, 0) is 18.3 Å². The smallest absolute Gasteiger partial charge is 0.149 e. The molecule has 2 rings (SSSR count). The summed E-state index contributed by atoms with van der Waals surface area (Å²) in [6.45, 7) is 1.94. The maximum absolute atomic E-state index is 11.9. The number of carbonyl (C=O) groups excluding carboxylic acids is 1. The Morgan fingerprint density at radius 3 is 2.67 bits per heavy atom. The first-order valence-corrected chi connectivity index (χ1v) is 6.83. The molecule has 0 fully saturated rings. The summed E-state index contributed by atoms with van der Waals surface area (Å²) in [5.41, 5.74) is 1.93. The number of aromatic nitrogens is 2. The predicted octanol–water partition coefficient (Wildman–Crippen LogP) is 2.63. The Hall–Kier alpha value is -1.55. The van der Waals surface area contributed by atoms with Crippen molar-refractivity contribution in [3.05, 3.63) is 47.8 Å². The van der Waals surface area contributed by atoms with Gasteiger partial charge in [0, 0.05) is 24.1 Å². The molecule has 1 heterocycles. The summed E-state index contributed by atoms with van der Waals surface area (Å²) in [6.07, 6.45) is 0.456. The molecule has 1 aromatic carbocycles. The van der Waals surface area contributed by atoms with Crippen molar-refractivity contribution in [1.82, 2.24) is 9.78 Å². The van der Waals surface area contributed by atoms with E-state index >= 15 is 0 Å². The van der Waals surface area contributed by atoms with Gasteiger partial charge >= 0.3 is 0 Å². The van der Waals surface area contributed by atoms with Gasteiger partial charge in [-0.2, -0.15) is 5.10 Å². The van der Waals surface area contributed by atoms with E-state index in [1.165, 1.54) is 0 Å². The van der Waals surface area contributed by atoms with Crippen LogP contribution in [0.1, 0.15) is 11.4 Å². The zero-order valence-corrected chi connectivity index (χ0v) is 11.4. The standard InChI is InChI=1S/C14H16N2OS/c1-11-8-12(16(2)15-11)9-13(17)10-18-14-6-4-3-5-7-14/h3-8H,9-10H2,1-2H3. The van der Waals surface area contributed by atoms with Crippen molar-refractivity contribution in [3.63, 3.8) is 0 Å². The molecule has 3 nitrogen and oxygen atoms in total. The zero-order valence-electron chi connectivity index (χ0n) is 10.6. The predicted molar refractivity (Wildman–Crippen MR) is 73.8 cm³/mol. The number of carbonyl (C=O) groups is 1. The third-order valence-electron chi connectivity index (χ3n) is 2.62. The normalized spacial score (nSPS) is 10.6. The molecule has 0 N–H and O–H groups in total. The average molecular weight is 260 g/mol. The quantitative estimate of drug-likeness (QED) is 0.775. The third-order valence-corrected chi connectivity index (χ3v) is 3.69. The Bertz CT molecular complexity index is 534. The van der Waals surface area contributed by atoms with Gasteiger partial charge in [0.25, 0.3) is 0 Å². The molecule has 0 saturated carbocycles. The van der Waals surface area contributed by atoms with Crippen LogP contribution in [-0.4, -0.2) is 21.3 Å². The lowest BCUT2D eigenvalue weighted by molar-refractivity contribution is -0.116. The van der Waals surface area contributed by atoms with Gasteiger partial charge in [-0.1, -0.05) is 18.2 Å². The number of ketones is 1. The molecule has 1 aromatic heterocycles. The van der Waals surface area contributed by atoms with E-state index in [2.05, 4.69) is 5.10 Å². The van der Waals surface area contributed by atoms with Crippen molar-refractivity contribution in [2.24, 2.45) is 7.05 Å². The van der Waals surface area contributed by atoms with Gasteiger partial charge in [-0.25, -0.2) is 0 Å². The van der Waals surface area contributed by atoms with Crippen LogP contribution in [0.5, 0.6) is 0 Å². The highest BCUT2D eigenvalue weighted by atomic mass is 32.2. The molecule has 0 bridgehead atoms. The van der Waals surface area contributed by atoms with Crippen molar-refractivity contribution in [2.45, 2.75) is 18.2 Å². The topological polar surface area (TPSA) is 34.9 Å². The number of nitrogens with zero attached hydrogens (tertiary/aromatic N) is 2. The summed E-state index contributed by atoms with van der Waals surface area (Å²) in [6, 6.07) is 11.9.